The van der Waals surface area contributed by atoms with Gasteiger partial charge < -0.3 is 5.73 Å². The van der Waals surface area contributed by atoms with Gasteiger partial charge in [0.25, 0.3) is 5.91 Å². The van der Waals surface area contributed by atoms with Crippen molar-refractivity contribution in [1.82, 2.24) is 30.7 Å². The average Bonchev–Trinajstić information content (AvgIpc) is 3.17. The Kier molecular flexibility index (Phi) is 4.39. The Morgan fingerprint density at radius 1 is 1.35 bits per heavy atom. The molecule has 0 atom stereocenters. The lowest BCUT2D eigenvalue weighted by Gasteiger charge is -2.04. The number of nitrogens with one attached hydrogen (secondary N) is 1. The molecule has 0 aliphatic carbocycles. The van der Waals surface area contributed by atoms with Gasteiger partial charge in [0.2, 0.25) is 11.6 Å². The van der Waals surface area contributed by atoms with E-state index < -0.39 is 17.5 Å². The molecule has 2 heterocycles. The molecule has 12 heteroatoms. The van der Waals surface area contributed by atoms with Crippen LogP contribution in [0.25, 0.3) is 5.82 Å². The maximum Gasteiger partial charge on any atom is 0.293 e. The van der Waals surface area contributed by atoms with Crippen LogP contribution in [0.5, 0.6) is 0 Å². The minimum atomic E-state index is -0.795. The molecule has 2 aromatic heterocycles. The monoisotopic (exact) mass is 362 g/mol. The Bertz CT molecular complexity index is 1010. The second-order valence-corrected chi connectivity index (χ2v) is 5.17. The zero-order chi connectivity index (χ0) is 18.8. The van der Waals surface area contributed by atoms with E-state index in [4.69, 9.17) is 5.73 Å². The summed E-state index contributed by atoms with van der Waals surface area (Å²) in [6, 6.07) is 3.03. The SMILES string of the molecule is C/C(=N\NC(=O)c1nnn(-c2nonc2N)c1C)c1ccc(F)cc1F. The molecule has 1 amide bonds. The van der Waals surface area contributed by atoms with Crippen molar-refractivity contribution < 1.29 is 18.2 Å². The Balaban J connectivity index is 1.80. The predicted molar refractivity (Wildman–Crippen MR) is 84.4 cm³/mol. The third-order valence-electron chi connectivity index (χ3n) is 3.45. The van der Waals surface area contributed by atoms with Gasteiger partial charge in [-0.1, -0.05) is 5.21 Å². The number of hydrogen-bond acceptors (Lipinski definition) is 8. The number of aromatic nitrogens is 5. The molecule has 0 aliphatic heterocycles. The molecule has 1 aromatic carbocycles. The van der Waals surface area contributed by atoms with Crippen molar-refractivity contribution in [3.63, 3.8) is 0 Å². The van der Waals surface area contributed by atoms with Gasteiger partial charge in [-0.05, 0) is 36.3 Å². The highest BCUT2D eigenvalue weighted by atomic mass is 19.1. The molecular formula is C14H12F2N8O2. The molecule has 0 fully saturated rings. The number of nitrogens with two attached hydrogens (primary N) is 1. The normalized spacial score (nSPS) is 11.6. The van der Waals surface area contributed by atoms with E-state index in [1.165, 1.54) is 17.7 Å². The van der Waals surface area contributed by atoms with Gasteiger partial charge in [0.15, 0.2) is 5.69 Å². The number of rotatable bonds is 4. The van der Waals surface area contributed by atoms with Gasteiger partial charge in [0, 0.05) is 11.6 Å². The van der Waals surface area contributed by atoms with Crippen LogP contribution in [0.4, 0.5) is 14.6 Å². The van der Waals surface area contributed by atoms with Gasteiger partial charge in [-0.2, -0.15) is 9.78 Å². The lowest BCUT2D eigenvalue weighted by Crippen LogP contribution is -2.21. The van der Waals surface area contributed by atoms with Gasteiger partial charge in [-0.15, -0.1) is 5.10 Å². The molecule has 0 bridgehead atoms. The number of halogens is 2. The maximum atomic E-state index is 13.7. The zero-order valence-electron chi connectivity index (χ0n) is 13.6. The van der Waals surface area contributed by atoms with E-state index >= 15 is 0 Å². The van der Waals surface area contributed by atoms with Crippen LogP contribution in [0, 0.1) is 18.6 Å². The van der Waals surface area contributed by atoms with Crippen LogP contribution in [0.3, 0.4) is 0 Å². The van der Waals surface area contributed by atoms with Crippen LogP contribution in [0.15, 0.2) is 27.9 Å². The molecule has 3 N–H and O–H groups in total. The van der Waals surface area contributed by atoms with Gasteiger partial charge in [-0.3, -0.25) is 4.79 Å². The summed E-state index contributed by atoms with van der Waals surface area (Å²) in [5.74, 6) is -2.13. The molecule has 0 spiro atoms. The lowest BCUT2D eigenvalue weighted by atomic mass is 10.1. The van der Waals surface area contributed by atoms with Crippen LogP contribution in [-0.2, 0) is 0 Å². The number of amides is 1. The van der Waals surface area contributed by atoms with Crippen molar-refractivity contribution in [2.45, 2.75) is 13.8 Å². The summed E-state index contributed by atoms with van der Waals surface area (Å²) in [7, 11) is 0. The predicted octanol–water partition coefficient (Wildman–Crippen LogP) is 0.973. The average molecular weight is 362 g/mol. The molecule has 0 saturated carbocycles. The Labute approximate surface area is 144 Å². The lowest BCUT2D eigenvalue weighted by molar-refractivity contribution is 0.0949. The summed E-state index contributed by atoms with van der Waals surface area (Å²) >= 11 is 0. The van der Waals surface area contributed by atoms with E-state index in [1.807, 2.05) is 0 Å². The standard InChI is InChI=1S/C14H12F2N8O2/c1-6(9-4-3-8(15)5-10(9)16)18-20-14(25)11-7(2)24(23-19-11)13-12(17)21-26-22-13/h3-5H,1-2H3,(H2,17,21)(H,20,25)/b18-6+. The van der Waals surface area contributed by atoms with Gasteiger partial charge in [0.1, 0.15) is 11.6 Å². The first-order valence-corrected chi connectivity index (χ1v) is 7.19. The summed E-state index contributed by atoms with van der Waals surface area (Å²) in [6.45, 7) is 3.02. The fourth-order valence-corrected chi connectivity index (χ4v) is 2.11. The van der Waals surface area contributed by atoms with E-state index in [0.717, 1.165) is 12.1 Å². The molecule has 0 unspecified atom stereocenters. The molecule has 0 aliphatic rings. The number of nitrogen functional groups attached to an aromatic ring is 1. The molecular weight excluding hydrogens is 350 g/mol. The van der Waals surface area contributed by atoms with Crippen molar-refractivity contribution in [3.8, 4) is 5.82 Å². The summed E-state index contributed by atoms with van der Waals surface area (Å²) < 4.78 is 32.3. The molecule has 3 aromatic rings. The number of anilines is 1. The quantitative estimate of drug-likeness (QED) is 0.521. The highest BCUT2D eigenvalue weighted by Gasteiger charge is 2.20. The molecule has 26 heavy (non-hydrogen) atoms. The van der Waals surface area contributed by atoms with E-state index in [2.05, 4.69) is 35.8 Å². The zero-order valence-corrected chi connectivity index (χ0v) is 13.6. The van der Waals surface area contributed by atoms with Gasteiger partial charge in [-0.25, -0.2) is 18.8 Å². The van der Waals surface area contributed by atoms with E-state index in [-0.39, 0.29) is 28.6 Å². The van der Waals surface area contributed by atoms with Crippen LogP contribution in [-0.4, -0.2) is 36.9 Å². The fraction of sp³-hybridized carbons (Fsp3) is 0.143. The highest BCUT2D eigenvalue weighted by molar-refractivity contribution is 6.00. The summed E-state index contributed by atoms with van der Waals surface area (Å²) in [5, 5.41) is 18.3. The van der Waals surface area contributed by atoms with E-state index in [9.17, 15) is 13.6 Å². The number of hydrazone groups is 1. The van der Waals surface area contributed by atoms with Crippen molar-refractivity contribution in [2.75, 3.05) is 5.73 Å². The van der Waals surface area contributed by atoms with Crippen molar-refractivity contribution in [1.29, 1.82) is 0 Å². The van der Waals surface area contributed by atoms with Crippen molar-refractivity contribution in [3.05, 3.63) is 46.8 Å². The summed E-state index contributed by atoms with van der Waals surface area (Å²) in [5.41, 5.74) is 8.26. The molecule has 3 rings (SSSR count). The van der Waals surface area contributed by atoms with Crippen molar-refractivity contribution >= 4 is 17.4 Å². The Morgan fingerprint density at radius 2 is 2.12 bits per heavy atom. The highest BCUT2D eigenvalue weighted by Crippen LogP contribution is 2.15. The minimum absolute atomic E-state index is 0.0226. The third kappa shape index (κ3) is 3.11. The third-order valence-corrected chi connectivity index (χ3v) is 3.45. The largest absolute Gasteiger partial charge is 0.378 e. The van der Waals surface area contributed by atoms with Crippen LogP contribution >= 0.6 is 0 Å². The molecule has 134 valence electrons. The minimum Gasteiger partial charge on any atom is -0.378 e. The van der Waals surface area contributed by atoms with Crippen LogP contribution in [0.1, 0.15) is 28.7 Å². The Hall–Kier alpha value is -3.70. The first kappa shape index (κ1) is 17.1. The Morgan fingerprint density at radius 3 is 2.77 bits per heavy atom. The fourth-order valence-electron chi connectivity index (χ4n) is 2.11. The first-order valence-electron chi connectivity index (χ1n) is 7.19. The number of carbonyl (C=O) groups excluding carboxylic acids is 1. The second-order valence-electron chi connectivity index (χ2n) is 5.17. The number of benzene rings is 1. The van der Waals surface area contributed by atoms with Gasteiger partial charge in [0.05, 0.1) is 11.4 Å². The first-order chi connectivity index (χ1) is 12.4. The number of hydrogen-bond donors (Lipinski definition) is 2. The molecule has 10 nitrogen and oxygen atoms in total. The second kappa shape index (κ2) is 6.66. The molecule has 0 saturated heterocycles. The molecule has 0 radical (unpaired) electrons. The smallest absolute Gasteiger partial charge is 0.293 e. The van der Waals surface area contributed by atoms with E-state index in [1.54, 1.807) is 6.92 Å². The number of nitrogens with zero attached hydrogens (tertiary/aromatic N) is 6. The maximum absolute atomic E-state index is 13.7. The summed E-state index contributed by atoms with van der Waals surface area (Å²) in [6.07, 6.45) is 0. The van der Waals surface area contributed by atoms with E-state index in [0.29, 0.717) is 5.69 Å². The van der Waals surface area contributed by atoms with Crippen molar-refractivity contribution in [2.24, 2.45) is 5.10 Å². The van der Waals surface area contributed by atoms with Gasteiger partial charge >= 0.3 is 0 Å². The number of carbonyl (C=O) groups is 1. The topological polar surface area (TPSA) is 137 Å². The van der Waals surface area contributed by atoms with Crippen LogP contribution < -0.4 is 11.2 Å². The van der Waals surface area contributed by atoms with Crippen LogP contribution in [0.2, 0.25) is 0 Å². The summed E-state index contributed by atoms with van der Waals surface area (Å²) in [4.78, 5) is 12.2.